The lowest BCUT2D eigenvalue weighted by atomic mass is 9.64. The molecule has 200 valence electrons. The molecule has 8 nitrogen and oxygen atoms in total. The molecule has 0 spiro atoms. The standard InChI is InChI=1S/C27H42FN5O3/c28-20-12-18-23-26(24(20)32-9-6-17(30)13-32)36-22-11-16-5-2-1-4-15(16)10-21(22)33(23)14-19(25(18)34)27(35)31-8-3-7-29/h14-18,20-24,26H,1-13,29-30H2,(H,31,35). The van der Waals surface area contributed by atoms with Gasteiger partial charge in [-0.2, -0.15) is 0 Å². The van der Waals surface area contributed by atoms with Crippen LogP contribution in [0.5, 0.6) is 0 Å². The SMILES string of the molecule is NCCCNC(=O)C1=CN2C3CC4CCCCC4CC3OC3C(N4CCC(N)C4)C(F)CC(C1=O)C32. The van der Waals surface area contributed by atoms with Crippen molar-refractivity contribution in [3.63, 3.8) is 0 Å². The van der Waals surface area contributed by atoms with Crippen LogP contribution in [-0.2, 0) is 14.3 Å². The van der Waals surface area contributed by atoms with E-state index in [9.17, 15) is 9.59 Å². The maximum Gasteiger partial charge on any atom is 0.256 e. The number of ketones is 1. The minimum absolute atomic E-state index is 0.00123. The van der Waals surface area contributed by atoms with E-state index in [-0.39, 0.29) is 47.9 Å². The number of nitrogens with two attached hydrogens (primary N) is 2. The molecule has 2 saturated heterocycles. The van der Waals surface area contributed by atoms with Gasteiger partial charge in [-0.15, -0.1) is 0 Å². The van der Waals surface area contributed by atoms with E-state index in [0.29, 0.717) is 37.9 Å². The molecule has 3 heterocycles. The molecular formula is C27H42FN5O3. The average molecular weight is 504 g/mol. The summed E-state index contributed by atoms with van der Waals surface area (Å²) >= 11 is 0. The van der Waals surface area contributed by atoms with Gasteiger partial charge in [-0.05, 0) is 50.5 Å². The number of fused-ring (bicyclic) bond motifs is 3. The minimum atomic E-state index is -1.19. The van der Waals surface area contributed by atoms with E-state index in [0.717, 1.165) is 25.8 Å². The normalized spacial score (nSPS) is 44.4. The van der Waals surface area contributed by atoms with Crippen molar-refractivity contribution >= 4 is 11.7 Å². The van der Waals surface area contributed by atoms with E-state index >= 15 is 4.39 Å². The van der Waals surface area contributed by atoms with Crippen LogP contribution in [0.3, 0.4) is 0 Å². The molecule has 10 unspecified atom stereocenters. The highest BCUT2D eigenvalue weighted by Gasteiger charge is 2.60. The van der Waals surface area contributed by atoms with E-state index in [1.165, 1.54) is 25.7 Å². The van der Waals surface area contributed by atoms with Crippen molar-refractivity contribution in [3.8, 4) is 0 Å². The van der Waals surface area contributed by atoms with Crippen molar-refractivity contribution in [1.29, 1.82) is 0 Å². The predicted molar refractivity (Wildman–Crippen MR) is 133 cm³/mol. The zero-order chi connectivity index (χ0) is 25.0. The van der Waals surface area contributed by atoms with Crippen LogP contribution >= 0.6 is 0 Å². The van der Waals surface area contributed by atoms with Crippen LogP contribution in [0.15, 0.2) is 11.8 Å². The number of rotatable bonds is 5. The van der Waals surface area contributed by atoms with Crippen LogP contribution in [-0.4, -0.2) is 90.2 Å². The highest BCUT2D eigenvalue weighted by molar-refractivity contribution is 6.20. The average Bonchev–Trinajstić information content (AvgIpc) is 3.29. The van der Waals surface area contributed by atoms with Gasteiger partial charge in [0.2, 0.25) is 0 Å². The second kappa shape index (κ2) is 9.97. The van der Waals surface area contributed by atoms with Gasteiger partial charge in [-0.25, -0.2) is 4.39 Å². The number of Topliss-reactive ketones (excluding diaryl/α,β-unsaturated/α-hetero) is 1. The Hall–Kier alpha value is -1.55. The summed E-state index contributed by atoms with van der Waals surface area (Å²) in [6.45, 7) is 2.33. The second-order valence-corrected chi connectivity index (χ2v) is 12.1. The number of morpholine rings is 1. The molecule has 3 aliphatic heterocycles. The third kappa shape index (κ3) is 4.20. The van der Waals surface area contributed by atoms with Gasteiger partial charge in [0.15, 0.2) is 5.78 Å². The Morgan fingerprint density at radius 1 is 1.14 bits per heavy atom. The summed E-state index contributed by atoms with van der Waals surface area (Å²) in [5.74, 6) is 0.157. The number of hydrogen-bond donors (Lipinski definition) is 3. The van der Waals surface area contributed by atoms with E-state index in [4.69, 9.17) is 16.2 Å². The zero-order valence-corrected chi connectivity index (χ0v) is 21.2. The van der Waals surface area contributed by atoms with Gasteiger partial charge in [-0.3, -0.25) is 14.5 Å². The molecule has 3 saturated carbocycles. The lowest BCUT2D eigenvalue weighted by Gasteiger charge is -2.61. The fourth-order valence-electron chi connectivity index (χ4n) is 8.35. The lowest BCUT2D eigenvalue weighted by molar-refractivity contribution is -0.219. The quantitative estimate of drug-likeness (QED) is 0.380. The van der Waals surface area contributed by atoms with Crippen LogP contribution < -0.4 is 16.8 Å². The molecule has 0 aromatic carbocycles. The number of ether oxygens (including phenoxy) is 1. The molecular weight excluding hydrogens is 461 g/mol. The molecule has 6 aliphatic rings. The molecule has 0 aromatic heterocycles. The van der Waals surface area contributed by atoms with Gasteiger partial charge in [-0.1, -0.05) is 25.7 Å². The van der Waals surface area contributed by atoms with Crippen molar-refractivity contribution in [3.05, 3.63) is 11.8 Å². The van der Waals surface area contributed by atoms with E-state index < -0.39 is 24.2 Å². The maximum absolute atomic E-state index is 16.0. The molecule has 0 bridgehead atoms. The summed E-state index contributed by atoms with van der Waals surface area (Å²) in [7, 11) is 0. The van der Waals surface area contributed by atoms with Crippen LogP contribution in [0.1, 0.15) is 57.8 Å². The largest absolute Gasteiger partial charge is 0.369 e. The Morgan fingerprint density at radius 3 is 2.64 bits per heavy atom. The van der Waals surface area contributed by atoms with Gasteiger partial charge >= 0.3 is 0 Å². The topological polar surface area (TPSA) is 114 Å². The van der Waals surface area contributed by atoms with Gasteiger partial charge < -0.3 is 26.4 Å². The fraction of sp³-hybridized carbons (Fsp3) is 0.852. The van der Waals surface area contributed by atoms with E-state index in [1.807, 2.05) is 6.20 Å². The van der Waals surface area contributed by atoms with Crippen LogP contribution in [0, 0.1) is 17.8 Å². The smallest absolute Gasteiger partial charge is 0.256 e. The minimum Gasteiger partial charge on any atom is -0.369 e. The summed E-state index contributed by atoms with van der Waals surface area (Å²) in [5.41, 5.74) is 12.0. The highest BCUT2D eigenvalue weighted by atomic mass is 19.1. The Morgan fingerprint density at radius 2 is 1.92 bits per heavy atom. The monoisotopic (exact) mass is 503 g/mol. The van der Waals surface area contributed by atoms with E-state index in [1.54, 1.807) is 0 Å². The number of nitrogens with zero attached hydrogens (tertiary/aromatic N) is 2. The van der Waals surface area contributed by atoms with Crippen molar-refractivity contribution in [2.24, 2.45) is 29.2 Å². The number of likely N-dealkylation sites (tertiary alicyclic amines) is 1. The zero-order valence-electron chi connectivity index (χ0n) is 21.2. The first kappa shape index (κ1) is 24.8. The second-order valence-electron chi connectivity index (χ2n) is 12.1. The lowest BCUT2D eigenvalue weighted by Crippen LogP contribution is -2.73. The van der Waals surface area contributed by atoms with Crippen LogP contribution in [0.25, 0.3) is 0 Å². The molecule has 36 heavy (non-hydrogen) atoms. The highest BCUT2D eigenvalue weighted by Crippen LogP contribution is 2.50. The van der Waals surface area contributed by atoms with Crippen molar-refractivity contribution in [2.45, 2.75) is 100 Å². The van der Waals surface area contributed by atoms with Gasteiger partial charge in [0, 0.05) is 37.8 Å². The molecule has 0 radical (unpaired) electrons. The summed E-state index contributed by atoms with van der Waals surface area (Å²) in [4.78, 5) is 31.2. The van der Waals surface area contributed by atoms with Crippen molar-refractivity contribution < 1.29 is 18.7 Å². The Labute approximate surface area is 213 Å². The van der Waals surface area contributed by atoms with Gasteiger partial charge in [0.1, 0.15) is 6.17 Å². The van der Waals surface area contributed by atoms with E-state index in [2.05, 4.69) is 15.1 Å². The molecule has 0 aromatic rings. The molecule has 3 aliphatic carbocycles. The number of halogens is 1. The molecule has 5 N–H and O–H groups in total. The number of carbonyl (C=O) groups is 2. The summed E-state index contributed by atoms with van der Waals surface area (Å²) in [6.07, 6.45) is 8.94. The number of alkyl halides is 1. The number of carbonyl (C=O) groups excluding carboxylic acids is 2. The van der Waals surface area contributed by atoms with Crippen LogP contribution in [0.4, 0.5) is 4.39 Å². The summed E-state index contributed by atoms with van der Waals surface area (Å²) in [6, 6.07) is -0.441. The molecule has 5 fully saturated rings. The summed E-state index contributed by atoms with van der Waals surface area (Å²) < 4.78 is 22.8. The van der Waals surface area contributed by atoms with Gasteiger partial charge in [0.05, 0.1) is 35.9 Å². The Bertz CT molecular complexity index is 901. The van der Waals surface area contributed by atoms with Crippen molar-refractivity contribution in [1.82, 2.24) is 15.1 Å². The molecule has 9 heteroatoms. The fourth-order valence-corrected chi connectivity index (χ4v) is 8.35. The molecule has 10 atom stereocenters. The number of amides is 1. The first-order valence-electron chi connectivity index (χ1n) is 14.3. The van der Waals surface area contributed by atoms with Crippen molar-refractivity contribution in [2.75, 3.05) is 26.2 Å². The number of nitrogens with one attached hydrogen (secondary N) is 1. The first-order chi connectivity index (χ1) is 17.5. The third-order valence-corrected chi connectivity index (χ3v) is 10.0. The van der Waals surface area contributed by atoms with Gasteiger partial charge in [0.25, 0.3) is 5.91 Å². The third-order valence-electron chi connectivity index (χ3n) is 10.0. The summed E-state index contributed by atoms with van der Waals surface area (Å²) in [5, 5.41) is 2.86. The predicted octanol–water partition coefficient (Wildman–Crippen LogP) is 1.08. The molecule has 1 amide bonds. The molecule has 6 rings (SSSR count). The first-order valence-corrected chi connectivity index (χ1v) is 14.3. The van der Waals surface area contributed by atoms with Crippen LogP contribution in [0.2, 0.25) is 0 Å². The number of hydrogen-bond acceptors (Lipinski definition) is 7. The maximum atomic E-state index is 16.0. The Balaban J connectivity index is 1.35. The Kier molecular flexibility index (Phi) is 6.86.